The van der Waals surface area contributed by atoms with E-state index in [0.717, 1.165) is 38.3 Å². The molecule has 0 aliphatic carbocycles. The molecule has 6 heteroatoms. The Bertz CT molecular complexity index is 817. The molecule has 2 aromatic rings. The fourth-order valence-corrected chi connectivity index (χ4v) is 3.59. The third kappa shape index (κ3) is 7.19. The van der Waals surface area contributed by atoms with Crippen molar-refractivity contribution in [3.05, 3.63) is 71.3 Å². The van der Waals surface area contributed by atoms with E-state index >= 15 is 0 Å². The predicted octanol–water partition coefficient (Wildman–Crippen LogP) is 3.35. The van der Waals surface area contributed by atoms with Crippen molar-refractivity contribution >= 4 is 12.0 Å². The molecular weight excluding hydrogens is 378 g/mol. The highest BCUT2D eigenvalue weighted by Gasteiger charge is 2.20. The number of piperazine rings is 1. The van der Waals surface area contributed by atoms with Crippen LogP contribution in [0.5, 0.6) is 0 Å². The first kappa shape index (κ1) is 21.8. The summed E-state index contributed by atoms with van der Waals surface area (Å²) in [5.41, 5.74) is 3.54. The lowest BCUT2D eigenvalue weighted by Gasteiger charge is -2.35. The maximum Gasteiger partial charge on any atom is 0.407 e. The molecule has 2 amide bonds. The third-order valence-electron chi connectivity index (χ3n) is 5.26. The molecule has 0 unspecified atom stereocenters. The van der Waals surface area contributed by atoms with E-state index in [9.17, 15) is 9.59 Å². The molecule has 2 aromatic carbocycles. The average Bonchev–Trinajstić information content (AvgIpc) is 2.76. The highest BCUT2D eigenvalue weighted by atomic mass is 16.5. The third-order valence-corrected chi connectivity index (χ3v) is 5.26. The number of rotatable bonds is 8. The second-order valence-corrected chi connectivity index (χ2v) is 7.74. The lowest BCUT2D eigenvalue weighted by atomic mass is 10.1. The first-order valence-corrected chi connectivity index (χ1v) is 10.6. The Balaban J connectivity index is 1.27. The van der Waals surface area contributed by atoms with Gasteiger partial charge in [-0.3, -0.25) is 9.69 Å². The summed E-state index contributed by atoms with van der Waals surface area (Å²) in [6.07, 6.45) is 0.607. The van der Waals surface area contributed by atoms with Gasteiger partial charge in [-0.25, -0.2) is 4.79 Å². The second kappa shape index (κ2) is 11.4. The molecule has 0 spiro atoms. The number of nitrogens with zero attached hydrogens (tertiary/aromatic N) is 2. The number of nitrogens with one attached hydrogen (secondary N) is 1. The summed E-state index contributed by atoms with van der Waals surface area (Å²) in [6, 6.07) is 18.1. The Morgan fingerprint density at radius 1 is 0.967 bits per heavy atom. The van der Waals surface area contributed by atoms with Gasteiger partial charge in [-0.15, -0.1) is 0 Å². The van der Waals surface area contributed by atoms with Crippen molar-refractivity contribution in [2.24, 2.45) is 0 Å². The van der Waals surface area contributed by atoms with Crippen molar-refractivity contribution in [3.63, 3.8) is 0 Å². The predicted molar refractivity (Wildman–Crippen MR) is 117 cm³/mol. The molecule has 1 saturated heterocycles. The molecule has 6 nitrogen and oxygen atoms in total. The zero-order valence-electron chi connectivity index (χ0n) is 17.7. The maximum atomic E-state index is 12.4. The summed E-state index contributed by atoms with van der Waals surface area (Å²) in [6.45, 7) is 7.03. The van der Waals surface area contributed by atoms with Crippen LogP contribution in [0.3, 0.4) is 0 Å². The van der Waals surface area contributed by atoms with E-state index in [-0.39, 0.29) is 12.5 Å². The van der Waals surface area contributed by atoms with Gasteiger partial charge in [0, 0.05) is 45.7 Å². The fourth-order valence-electron chi connectivity index (χ4n) is 3.59. The Kier molecular flexibility index (Phi) is 8.27. The molecule has 1 fully saturated rings. The van der Waals surface area contributed by atoms with Gasteiger partial charge >= 0.3 is 6.09 Å². The Morgan fingerprint density at radius 2 is 1.70 bits per heavy atom. The van der Waals surface area contributed by atoms with Gasteiger partial charge in [-0.05, 0) is 24.5 Å². The average molecular weight is 410 g/mol. The first-order chi connectivity index (χ1) is 14.6. The fraction of sp³-hybridized carbons (Fsp3) is 0.417. The molecule has 1 heterocycles. The molecule has 160 valence electrons. The van der Waals surface area contributed by atoms with Gasteiger partial charge in [-0.2, -0.15) is 0 Å². The number of hydrogen-bond donors (Lipinski definition) is 1. The SMILES string of the molecule is Cc1cccc(CN2CCN(C(=O)CCCNC(=O)OCc3ccccc3)CC2)c1. The highest BCUT2D eigenvalue weighted by molar-refractivity contribution is 5.76. The van der Waals surface area contributed by atoms with E-state index in [1.54, 1.807) is 0 Å². The smallest absolute Gasteiger partial charge is 0.407 e. The molecule has 1 aliphatic rings. The van der Waals surface area contributed by atoms with Crippen molar-refractivity contribution in [1.29, 1.82) is 0 Å². The van der Waals surface area contributed by atoms with Gasteiger partial charge in [0.2, 0.25) is 5.91 Å². The maximum absolute atomic E-state index is 12.4. The molecule has 30 heavy (non-hydrogen) atoms. The van der Waals surface area contributed by atoms with Crippen LogP contribution in [0.4, 0.5) is 4.79 Å². The van der Waals surface area contributed by atoms with Gasteiger partial charge < -0.3 is 15.0 Å². The Labute approximate surface area is 178 Å². The van der Waals surface area contributed by atoms with Crippen molar-refractivity contribution in [2.75, 3.05) is 32.7 Å². The molecule has 0 bridgehead atoms. The molecule has 0 atom stereocenters. The normalized spacial score (nSPS) is 14.4. The summed E-state index contributed by atoms with van der Waals surface area (Å²) < 4.78 is 5.17. The van der Waals surface area contributed by atoms with Crippen molar-refractivity contribution < 1.29 is 14.3 Å². The summed E-state index contributed by atoms with van der Waals surface area (Å²) in [5.74, 6) is 0.157. The van der Waals surface area contributed by atoms with Crippen molar-refractivity contribution in [2.45, 2.75) is 32.9 Å². The number of aryl methyl sites for hydroxylation is 1. The van der Waals surface area contributed by atoms with Crippen LogP contribution in [0.1, 0.15) is 29.5 Å². The van der Waals surface area contributed by atoms with Crippen LogP contribution < -0.4 is 5.32 Å². The monoisotopic (exact) mass is 409 g/mol. The Hall–Kier alpha value is -2.86. The number of alkyl carbamates (subject to hydrolysis) is 1. The molecule has 0 aromatic heterocycles. The lowest BCUT2D eigenvalue weighted by molar-refractivity contribution is -0.133. The van der Waals surface area contributed by atoms with E-state index in [0.29, 0.717) is 19.4 Å². The number of ether oxygens (including phenoxy) is 1. The van der Waals surface area contributed by atoms with Crippen LogP contribution in [-0.4, -0.2) is 54.5 Å². The molecule has 3 rings (SSSR count). The van der Waals surface area contributed by atoms with E-state index in [4.69, 9.17) is 4.74 Å². The summed E-state index contributed by atoms with van der Waals surface area (Å²) in [7, 11) is 0. The van der Waals surface area contributed by atoms with Gasteiger partial charge in [0.05, 0.1) is 0 Å². The molecular formula is C24H31N3O3. The number of hydrogen-bond acceptors (Lipinski definition) is 4. The summed E-state index contributed by atoms with van der Waals surface area (Å²) in [5, 5.41) is 2.71. The largest absolute Gasteiger partial charge is 0.445 e. The van der Waals surface area contributed by atoms with Crippen LogP contribution in [0.15, 0.2) is 54.6 Å². The van der Waals surface area contributed by atoms with Crippen LogP contribution in [-0.2, 0) is 22.7 Å². The van der Waals surface area contributed by atoms with Gasteiger partial charge in [0.15, 0.2) is 0 Å². The van der Waals surface area contributed by atoms with E-state index in [1.165, 1.54) is 11.1 Å². The molecule has 1 N–H and O–H groups in total. The number of amides is 2. The quantitative estimate of drug-likeness (QED) is 0.680. The second-order valence-electron chi connectivity index (χ2n) is 7.74. The topological polar surface area (TPSA) is 61.9 Å². The number of carbonyl (C=O) groups is 2. The van der Waals surface area contributed by atoms with Crippen LogP contribution in [0, 0.1) is 6.92 Å². The van der Waals surface area contributed by atoms with Gasteiger partial charge in [-0.1, -0.05) is 60.2 Å². The number of carbonyl (C=O) groups excluding carboxylic acids is 2. The molecule has 0 saturated carbocycles. The Morgan fingerprint density at radius 3 is 2.43 bits per heavy atom. The minimum Gasteiger partial charge on any atom is -0.445 e. The molecule has 1 aliphatic heterocycles. The van der Waals surface area contributed by atoms with E-state index in [2.05, 4.69) is 41.4 Å². The standard InChI is InChI=1S/C24H31N3O3/c1-20-7-5-10-22(17-20)18-26-13-15-27(16-14-26)23(28)11-6-12-25-24(29)30-19-21-8-3-2-4-9-21/h2-5,7-10,17H,6,11-16,18-19H2,1H3,(H,25,29). The van der Waals surface area contributed by atoms with Crippen molar-refractivity contribution in [3.8, 4) is 0 Å². The van der Waals surface area contributed by atoms with Gasteiger partial charge in [0.1, 0.15) is 6.61 Å². The first-order valence-electron chi connectivity index (χ1n) is 10.6. The summed E-state index contributed by atoms with van der Waals surface area (Å²) >= 11 is 0. The van der Waals surface area contributed by atoms with Crippen LogP contribution in [0.25, 0.3) is 0 Å². The zero-order chi connectivity index (χ0) is 21.2. The van der Waals surface area contributed by atoms with E-state index in [1.807, 2.05) is 35.2 Å². The van der Waals surface area contributed by atoms with Crippen molar-refractivity contribution in [1.82, 2.24) is 15.1 Å². The van der Waals surface area contributed by atoms with E-state index < -0.39 is 6.09 Å². The summed E-state index contributed by atoms with van der Waals surface area (Å²) in [4.78, 5) is 28.5. The number of benzene rings is 2. The van der Waals surface area contributed by atoms with Crippen LogP contribution >= 0.6 is 0 Å². The van der Waals surface area contributed by atoms with Crippen LogP contribution in [0.2, 0.25) is 0 Å². The minimum absolute atomic E-state index is 0.157. The molecule has 0 radical (unpaired) electrons. The minimum atomic E-state index is -0.448. The highest BCUT2D eigenvalue weighted by Crippen LogP contribution is 2.11. The zero-order valence-corrected chi connectivity index (χ0v) is 17.7. The lowest BCUT2D eigenvalue weighted by Crippen LogP contribution is -2.48. The van der Waals surface area contributed by atoms with Gasteiger partial charge in [0.25, 0.3) is 0 Å².